The van der Waals surface area contributed by atoms with E-state index in [4.69, 9.17) is 23.9 Å². The summed E-state index contributed by atoms with van der Waals surface area (Å²) in [6.45, 7) is 7.89. The average molecular weight is 782 g/mol. The zero-order valence-electron chi connectivity index (χ0n) is 31.6. The van der Waals surface area contributed by atoms with Crippen LogP contribution in [0.4, 0.5) is 0 Å². The molecule has 1 heterocycles. The van der Waals surface area contributed by atoms with Crippen LogP contribution in [0.25, 0.3) is 53.5 Å². The van der Waals surface area contributed by atoms with Gasteiger partial charge in [-0.2, -0.15) is 0 Å². The first-order chi connectivity index (χ1) is 28.4. The zero-order valence-corrected chi connectivity index (χ0v) is 32.4. The monoisotopic (exact) mass is 781 g/mol. The summed E-state index contributed by atoms with van der Waals surface area (Å²) >= 11 is 1.68. The Labute approximate surface area is 340 Å². The van der Waals surface area contributed by atoms with Crippen molar-refractivity contribution in [3.8, 4) is 33.2 Å². The lowest BCUT2D eigenvalue weighted by atomic mass is 9.67. The van der Waals surface area contributed by atoms with Gasteiger partial charge >= 0.3 is 5.97 Å². The first kappa shape index (κ1) is 37.0. The van der Waals surface area contributed by atoms with Gasteiger partial charge in [-0.1, -0.05) is 98.1 Å². The molecule has 0 saturated heterocycles. The largest absolute Gasteiger partial charge is 0.491 e. The number of thiazole rings is 1. The molecule has 0 radical (unpaired) electrons. The van der Waals surface area contributed by atoms with Crippen molar-refractivity contribution >= 4 is 49.1 Å². The summed E-state index contributed by atoms with van der Waals surface area (Å²) in [6, 6.07) is 49.3. The van der Waals surface area contributed by atoms with E-state index in [1.54, 1.807) is 11.3 Å². The quantitative estimate of drug-likeness (QED) is 0.0386. The van der Waals surface area contributed by atoms with Crippen LogP contribution in [0.15, 0.2) is 165 Å². The highest BCUT2D eigenvalue weighted by atomic mass is 32.1. The molecule has 2 unspecified atom stereocenters. The Hall–Kier alpha value is -6.58. The van der Waals surface area contributed by atoms with E-state index in [-0.39, 0.29) is 19.8 Å². The summed E-state index contributed by atoms with van der Waals surface area (Å²) < 4.78 is 23.3. The van der Waals surface area contributed by atoms with E-state index in [2.05, 4.69) is 128 Å². The van der Waals surface area contributed by atoms with Crippen molar-refractivity contribution < 1.29 is 28.8 Å². The fourth-order valence-corrected chi connectivity index (χ4v) is 8.98. The van der Waals surface area contributed by atoms with E-state index >= 15 is 0 Å². The fourth-order valence-electron chi connectivity index (χ4n) is 8.04. The third-order valence-electron chi connectivity index (χ3n) is 10.7. The third kappa shape index (κ3) is 6.81. The van der Waals surface area contributed by atoms with Gasteiger partial charge in [0.15, 0.2) is 6.29 Å². The zero-order chi connectivity index (χ0) is 39.6. The van der Waals surface area contributed by atoms with Gasteiger partial charge in [-0.25, -0.2) is 9.78 Å². The van der Waals surface area contributed by atoms with Gasteiger partial charge in [0, 0.05) is 11.6 Å². The number of fused-ring (bicyclic) bond motifs is 6. The summed E-state index contributed by atoms with van der Waals surface area (Å²) in [5.41, 5.74) is 8.40. The van der Waals surface area contributed by atoms with Crippen LogP contribution in [-0.4, -0.2) is 48.8 Å². The van der Waals surface area contributed by atoms with E-state index in [9.17, 15) is 9.90 Å². The summed E-state index contributed by atoms with van der Waals surface area (Å²) in [5, 5.41) is 15.0. The molecular weight excluding hydrogens is 743 g/mol. The molecule has 0 aliphatic heterocycles. The molecule has 7 nitrogen and oxygen atoms in total. The van der Waals surface area contributed by atoms with Gasteiger partial charge in [-0.05, 0) is 116 Å². The summed E-state index contributed by atoms with van der Waals surface area (Å²) in [4.78, 5) is 16.8. The molecule has 0 bridgehead atoms. The third-order valence-corrected chi connectivity index (χ3v) is 11.8. The molecule has 7 aromatic carbocycles. The Morgan fingerprint density at radius 1 is 0.672 bits per heavy atom. The molecular formula is C50H39NO6S. The minimum atomic E-state index is -1.00. The summed E-state index contributed by atoms with van der Waals surface area (Å²) in [6.07, 6.45) is 1.48. The minimum absolute atomic E-state index is 0.134. The van der Waals surface area contributed by atoms with Crippen molar-refractivity contribution in [2.45, 2.75) is 11.7 Å². The van der Waals surface area contributed by atoms with Crippen LogP contribution in [0.5, 0.6) is 11.5 Å². The Morgan fingerprint density at radius 3 is 2.19 bits per heavy atom. The number of ether oxygens (including phenoxy) is 4. The molecule has 0 spiro atoms. The highest BCUT2D eigenvalue weighted by Gasteiger charge is 2.46. The van der Waals surface area contributed by atoms with Gasteiger partial charge < -0.3 is 24.1 Å². The van der Waals surface area contributed by atoms with Crippen molar-refractivity contribution in [2.75, 3.05) is 26.4 Å². The van der Waals surface area contributed by atoms with Crippen LogP contribution in [0, 0.1) is 0 Å². The summed E-state index contributed by atoms with van der Waals surface area (Å²) in [5.74, 6) is 0.946. The maximum absolute atomic E-state index is 11.5. The van der Waals surface area contributed by atoms with Crippen molar-refractivity contribution in [2.24, 2.45) is 0 Å². The number of aromatic nitrogens is 1. The molecule has 58 heavy (non-hydrogen) atoms. The SMILES string of the molecule is C=CC(=O)OCCOc1ccc(C2(c3ccc4sc(-c5ccc6cc(OCCOC(O)C=C)ccc6c5)nc4c3)c3ccccc3-c3cc4ccccc4cc32)cc1. The minimum Gasteiger partial charge on any atom is -0.491 e. The van der Waals surface area contributed by atoms with Gasteiger partial charge in [0.05, 0.1) is 22.2 Å². The highest BCUT2D eigenvalue weighted by Crippen LogP contribution is 2.57. The molecule has 286 valence electrons. The lowest BCUT2D eigenvalue weighted by Gasteiger charge is -2.34. The predicted octanol–water partition coefficient (Wildman–Crippen LogP) is 10.6. The molecule has 1 N–H and O–H groups in total. The molecule has 2 atom stereocenters. The van der Waals surface area contributed by atoms with Crippen molar-refractivity contribution in [3.63, 3.8) is 0 Å². The Morgan fingerprint density at radius 2 is 1.36 bits per heavy atom. The normalized spacial score (nSPS) is 14.8. The Balaban J connectivity index is 1.10. The van der Waals surface area contributed by atoms with Gasteiger partial charge in [-0.15, -0.1) is 11.3 Å². The van der Waals surface area contributed by atoms with Gasteiger partial charge in [0.25, 0.3) is 0 Å². The molecule has 1 aliphatic carbocycles. The second-order valence-corrected chi connectivity index (χ2v) is 15.1. The second kappa shape index (κ2) is 15.8. The number of aliphatic hydroxyl groups excluding tert-OH is 1. The molecule has 0 fully saturated rings. The lowest BCUT2D eigenvalue weighted by molar-refractivity contribution is -0.138. The smallest absolute Gasteiger partial charge is 0.330 e. The van der Waals surface area contributed by atoms with E-state index in [0.717, 1.165) is 54.5 Å². The molecule has 1 aliphatic rings. The molecule has 1 aromatic heterocycles. The van der Waals surface area contributed by atoms with Crippen molar-refractivity contribution in [1.82, 2.24) is 4.98 Å². The number of aliphatic hydroxyl groups is 1. The molecule has 8 aromatic rings. The fraction of sp³-hybridized carbons (Fsp3) is 0.120. The molecule has 0 amide bonds. The van der Waals surface area contributed by atoms with Crippen LogP contribution in [0.2, 0.25) is 0 Å². The topological polar surface area (TPSA) is 87.1 Å². The van der Waals surface area contributed by atoms with E-state index in [0.29, 0.717) is 12.4 Å². The Kier molecular flexibility index (Phi) is 10.1. The van der Waals surface area contributed by atoms with E-state index in [1.807, 2.05) is 24.3 Å². The number of hydrogen-bond donors (Lipinski definition) is 1. The highest BCUT2D eigenvalue weighted by molar-refractivity contribution is 7.21. The van der Waals surface area contributed by atoms with Crippen LogP contribution in [0.1, 0.15) is 22.3 Å². The van der Waals surface area contributed by atoms with Crippen molar-refractivity contribution in [1.29, 1.82) is 0 Å². The standard InChI is InChI=1S/C50H39NO6S/c1-3-47(52)56-25-23-54-39-20-16-37(17-21-39)50(43-12-8-7-11-41(43)42-29-32-9-5-6-10-33(32)30-44(42)50)38-18-22-46-45(31-38)51-49(58-46)36-14-13-35-28-40(19-15-34(35)27-36)55-24-26-57-48(53)4-2/h3-22,27-31,48,53H,1-2,23-26H2. The number of nitrogens with zero attached hydrogens (tertiary/aromatic N) is 1. The summed E-state index contributed by atoms with van der Waals surface area (Å²) in [7, 11) is 0. The van der Waals surface area contributed by atoms with Crippen LogP contribution in [0.3, 0.4) is 0 Å². The van der Waals surface area contributed by atoms with Crippen LogP contribution in [-0.2, 0) is 19.7 Å². The van der Waals surface area contributed by atoms with Gasteiger partial charge in [0.2, 0.25) is 0 Å². The number of hydrogen-bond acceptors (Lipinski definition) is 8. The van der Waals surface area contributed by atoms with Crippen LogP contribution < -0.4 is 9.47 Å². The maximum atomic E-state index is 11.5. The Bertz CT molecular complexity index is 2850. The number of esters is 1. The molecule has 0 saturated carbocycles. The first-order valence-corrected chi connectivity index (χ1v) is 19.9. The second-order valence-electron chi connectivity index (χ2n) is 14.1. The van der Waals surface area contributed by atoms with Gasteiger partial charge in [-0.3, -0.25) is 0 Å². The average Bonchev–Trinajstić information content (AvgIpc) is 3.83. The number of carbonyl (C=O) groups excluding carboxylic acids is 1. The van der Waals surface area contributed by atoms with E-state index < -0.39 is 17.7 Å². The van der Waals surface area contributed by atoms with Gasteiger partial charge in [0.1, 0.15) is 36.3 Å². The van der Waals surface area contributed by atoms with Crippen molar-refractivity contribution in [3.05, 3.63) is 187 Å². The molecule has 8 heteroatoms. The number of carbonyl (C=O) groups is 1. The van der Waals surface area contributed by atoms with Crippen LogP contribution >= 0.6 is 11.3 Å². The lowest BCUT2D eigenvalue weighted by Crippen LogP contribution is -2.28. The number of benzene rings is 7. The van der Waals surface area contributed by atoms with E-state index in [1.165, 1.54) is 39.1 Å². The first-order valence-electron chi connectivity index (χ1n) is 19.1. The maximum Gasteiger partial charge on any atom is 0.330 e. The molecule has 9 rings (SSSR count). The number of rotatable bonds is 14. The predicted molar refractivity (Wildman–Crippen MR) is 232 cm³/mol.